The molecule has 0 fully saturated rings. The Morgan fingerprint density at radius 3 is 2.30 bits per heavy atom. The summed E-state index contributed by atoms with van der Waals surface area (Å²) in [5.74, 6) is -1.12. The number of carbonyl (C=O) groups is 3. The van der Waals surface area contributed by atoms with Gasteiger partial charge in [-0.2, -0.15) is 0 Å². The van der Waals surface area contributed by atoms with Gasteiger partial charge in [-0.3, -0.25) is 9.59 Å². The second-order valence-electron chi connectivity index (χ2n) is 6.92. The van der Waals surface area contributed by atoms with Crippen LogP contribution in [0.4, 0.5) is 11.4 Å². The average molecular weight is 485 g/mol. The topological polar surface area (TPSA) is 105 Å². The molecule has 1 unspecified atom stereocenters. The highest BCUT2D eigenvalue weighted by molar-refractivity contribution is 8.00. The highest BCUT2D eigenvalue weighted by atomic mass is 35.5. The number of anilines is 2. The Balaban J connectivity index is 1.50. The molecule has 9 heteroatoms. The molecule has 2 amide bonds. The number of carboxylic acids is 1. The van der Waals surface area contributed by atoms with Gasteiger partial charge in [0.15, 0.2) is 6.61 Å². The monoisotopic (exact) mass is 484 g/mol. The number of rotatable bonds is 9. The van der Waals surface area contributed by atoms with Crippen LogP contribution in [0, 0.1) is 0 Å². The van der Waals surface area contributed by atoms with Gasteiger partial charge in [0.25, 0.3) is 5.91 Å². The van der Waals surface area contributed by atoms with E-state index in [1.54, 1.807) is 49.4 Å². The van der Waals surface area contributed by atoms with Crippen molar-refractivity contribution in [2.75, 3.05) is 17.2 Å². The number of nitrogens with one attached hydrogen (secondary N) is 2. The molecule has 3 rings (SSSR count). The van der Waals surface area contributed by atoms with E-state index in [-0.39, 0.29) is 29.0 Å². The predicted molar refractivity (Wildman–Crippen MR) is 129 cm³/mol. The predicted octanol–water partition coefficient (Wildman–Crippen LogP) is 5.18. The number of ether oxygens (including phenoxy) is 1. The van der Waals surface area contributed by atoms with Crippen LogP contribution in [0.15, 0.2) is 77.7 Å². The van der Waals surface area contributed by atoms with Gasteiger partial charge < -0.3 is 20.5 Å². The fraction of sp³-hybridized carbons (Fsp3) is 0.125. The number of benzene rings is 3. The van der Waals surface area contributed by atoms with Crippen LogP contribution >= 0.6 is 23.4 Å². The number of para-hydroxylation sites is 1. The van der Waals surface area contributed by atoms with Crippen LogP contribution in [0.25, 0.3) is 0 Å². The minimum atomic E-state index is -1.17. The summed E-state index contributed by atoms with van der Waals surface area (Å²) in [5.41, 5.74) is 0.882. The van der Waals surface area contributed by atoms with E-state index < -0.39 is 11.2 Å². The maximum Gasteiger partial charge on any atom is 0.337 e. The first kappa shape index (κ1) is 24.2. The van der Waals surface area contributed by atoms with E-state index in [1.807, 2.05) is 18.2 Å². The van der Waals surface area contributed by atoms with Crippen LogP contribution in [0.1, 0.15) is 17.3 Å². The summed E-state index contributed by atoms with van der Waals surface area (Å²) < 4.78 is 5.42. The molecular formula is C24H21ClN2O5S. The van der Waals surface area contributed by atoms with Gasteiger partial charge in [-0.15, -0.1) is 11.8 Å². The third kappa shape index (κ3) is 7.27. The lowest BCUT2D eigenvalue weighted by Crippen LogP contribution is -2.22. The molecule has 0 aliphatic rings. The van der Waals surface area contributed by atoms with E-state index in [4.69, 9.17) is 21.4 Å². The van der Waals surface area contributed by atoms with E-state index in [1.165, 1.54) is 23.9 Å². The number of halogens is 1. The number of amides is 2. The Hall–Kier alpha value is -3.49. The fourth-order valence-electron chi connectivity index (χ4n) is 2.75. The number of hydrogen-bond donors (Lipinski definition) is 3. The molecule has 0 saturated heterocycles. The Morgan fingerprint density at radius 2 is 1.64 bits per heavy atom. The van der Waals surface area contributed by atoms with Gasteiger partial charge >= 0.3 is 5.97 Å². The van der Waals surface area contributed by atoms with Crippen LogP contribution < -0.4 is 15.4 Å². The van der Waals surface area contributed by atoms with Gasteiger partial charge in [-0.05, 0) is 61.5 Å². The molecule has 0 aliphatic carbocycles. The largest absolute Gasteiger partial charge is 0.484 e. The molecule has 0 radical (unpaired) electrons. The van der Waals surface area contributed by atoms with E-state index in [9.17, 15) is 14.4 Å². The average Bonchev–Trinajstić information content (AvgIpc) is 2.80. The summed E-state index contributed by atoms with van der Waals surface area (Å²) in [7, 11) is 0. The maximum absolute atomic E-state index is 12.5. The fourth-order valence-corrected chi connectivity index (χ4v) is 3.81. The lowest BCUT2D eigenvalue weighted by molar-refractivity contribution is -0.118. The Kier molecular flexibility index (Phi) is 8.34. The lowest BCUT2D eigenvalue weighted by Gasteiger charge is -2.13. The van der Waals surface area contributed by atoms with Gasteiger partial charge in [-0.25, -0.2) is 4.79 Å². The quantitative estimate of drug-likeness (QED) is 0.362. The number of thioether (sulfide) groups is 1. The summed E-state index contributed by atoms with van der Waals surface area (Å²) in [5, 5.41) is 14.3. The first-order valence-electron chi connectivity index (χ1n) is 9.90. The third-order valence-corrected chi connectivity index (χ3v) is 5.84. The molecule has 0 aliphatic heterocycles. The second-order valence-corrected chi connectivity index (χ2v) is 8.74. The summed E-state index contributed by atoms with van der Waals surface area (Å²) in [6, 6.07) is 20.4. The molecular weight excluding hydrogens is 464 g/mol. The Morgan fingerprint density at radius 1 is 0.970 bits per heavy atom. The SMILES string of the molecule is CC(Sc1ccc(NC(=O)COc2ccccc2)cc1)C(=O)Nc1ccc(Cl)c(C(=O)O)c1. The molecule has 0 spiro atoms. The first-order valence-corrected chi connectivity index (χ1v) is 11.2. The highest BCUT2D eigenvalue weighted by Gasteiger charge is 2.16. The normalized spacial score (nSPS) is 11.3. The van der Waals surface area contributed by atoms with Gasteiger partial charge in [-0.1, -0.05) is 29.8 Å². The van der Waals surface area contributed by atoms with Gasteiger partial charge in [0.2, 0.25) is 5.91 Å². The minimum absolute atomic E-state index is 0.0819. The summed E-state index contributed by atoms with van der Waals surface area (Å²) in [4.78, 5) is 36.6. The van der Waals surface area contributed by atoms with Gasteiger partial charge in [0.1, 0.15) is 5.75 Å². The molecule has 170 valence electrons. The second kappa shape index (κ2) is 11.4. The van der Waals surface area contributed by atoms with Gasteiger partial charge in [0, 0.05) is 16.3 Å². The standard InChI is InChI=1S/C24H21ClN2O5S/c1-15(23(29)27-17-9-12-21(25)20(13-17)24(30)31)33-19-10-7-16(8-11-19)26-22(28)14-32-18-5-3-2-4-6-18/h2-13,15H,14H2,1H3,(H,26,28)(H,27,29)(H,30,31). The van der Waals surface area contributed by atoms with Crippen LogP contribution in [0.2, 0.25) is 5.02 Å². The molecule has 3 aromatic carbocycles. The van der Waals surface area contributed by atoms with Crippen molar-refractivity contribution in [3.05, 3.63) is 83.4 Å². The van der Waals surface area contributed by atoms with Crippen molar-refractivity contribution in [1.29, 1.82) is 0 Å². The highest BCUT2D eigenvalue weighted by Crippen LogP contribution is 2.26. The summed E-state index contributed by atoms with van der Waals surface area (Å²) in [6.07, 6.45) is 0. The molecule has 3 aromatic rings. The maximum atomic E-state index is 12.5. The Bertz CT molecular complexity index is 1140. The number of aromatic carboxylic acids is 1. The van der Waals surface area contributed by atoms with Crippen molar-refractivity contribution in [3.8, 4) is 5.75 Å². The van der Waals surface area contributed by atoms with Crippen molar-refractivity contribution in [2.45, 2.75) is 17.1 Å². The molecule has 3 N–H and O–H groups in total. The zero-order valence-electron chi connectivity index (χ0n) is 17.6. The summed E-state index contributed by atoms with van der Waals surface area (Å²) >= 11 is 7.18. The van der Waals surface area contributed by atoms with E-state index in [0.29, 0.717) is 17.1 Å². The zero-order valence-corrected chi connectivity index (χ0v) is 19.2. The minimum Gasteiger partial charge on any atom is -0.484 e. The smallest absolute Gasteiger partial charge is 0.337 e. The van der Waals surface area contributed by atoms with E-state index >= 15 is 0 Å². The van der Waals surface area contributed by atoms with E-state index in [0.717, 1.165) is 4.90 Å². The number of hydrogen-bond acceptors (Lipinski definition) is 5. The van der Waals surface area contributed by atoms with Crippen molar-refractivity contribution in [2.24, 2.45) is 0 Å². The van der Waals surface area contributed by atoms with Crippen molar-refractivity contribution >= 4 is 52.5 Å². The Labute approximate surface area is 200 Å². The van der Waals surface area contributed by atoms with E-state index in [2.05, 4.69) is 10.6 Å². The first-order chi connectivity index (χ1) is 15.8. The molecule has 0 aromatic heterocycles. The molecule has 7 nitrogen and oxygen atoms in total. The number of carbonyl (C=O) groups excluding carboxylic acids is 2. The van der Waals surface area contributed by atoms with Crippen LogP contribution in [-0.2, 0) is 9.59 Å². The molecule has 33 heavy (non-hydrogen) atoms. The van der Waals surface area contributed by atoms with Crippen LogP contribution in [0.3, 0.4) is 0 Å². The van der Waals surface area contributed by atoms with Crippen molar-refractivity contribution in [3.63, 3.8) is 0 Å². The zero-order chi connectivity index (χ0) is 23.8. The van der Waals surface area contributed by atoms with Crippen molar-refractivity contribution < 1.29 is 24.2 Å². The molecule has 0 bridgehead atoms. The van der Waals surface area contributed by atoms with Crippen LogP contribution in [-0.4, -0.2) is 34.7 Å². The molecule has 1 atom stereocenters. The summed E-state index contributed by atoms with van der Waals surface area (Å²) in [6.45, 7) is 1.64. The molecule has 0 heterocycles. The number of carboxylic acid groups (broad SMARTS) is 1. The molecule has 0 saturated carbocycles. The van der Waals surface area contributed by atoms with Crippen molar-refractivity contribution in [1.82, 2.24) is 0 Å². The lowest BCUT2D eigenvalue weighted by atomic mass is 10.2. The van der Waals surface area contributed by atoms with Crippen LogP contribution in [0.5, 0.6) is 5.75 Å². The van der Waals surface area contributed by atoms with Gasteiger partial charge in [0.05, 0.1) is 15.8 Å². The third-order valence-electron chi connectivity index (χ3n) is 4.40.